The Morgan fingerprint density at radius 3 is 1.29 bits per heavy atom. The highest BCUT2D eigenvalue weighted by molar-refractivity contribution is 5.76. The van der Waals surface area contributed by atoms with E-state index in [4.69, 9.17) is 9.47 Å². The molecule has 2 atom stereocenters. The van der Waals surface area contributed by atoms with Gasteiger partial charge < -0.3 is 9.47 Å². The molecule has 192 valence electrons. The maximum absolute atomic E-state index is 12.6. The van der Waals surface area contributed by atoms with E-state index in [1.54, 1.807) is 48.5 Å². The Labute approximate surface area is 223 Å². The second-order valence-corrected chi connectivity index (χ2v) is 9.12. The molecule has 0 aliphatic heterocycles. The molecular weight excluding hydrogens is 476 g/mol. The number of nitrogens with zero attached hydrogens (tertiary/aromatic N) is 2. The van der Waals surface area contributed by atoms with Gasteiger partial charge in [-0.1, -0.05) is 98.8 Å². The van der Waals surface area contributed by atoms with Gasteiger partial charge in [0, 0.05) is 0 Å². The molecule has 0 saturated carbocycles. The molecule has 0 aliphatic carbocycles. The van der Waals surface area contributed by atoms with Crippen molar-refractivity contribution in [3.05, 3.63) is 120 Å². The number of hydrogen-bond donors (Lipinski definition) is 0. The van der Waals surface area contributed by atoms with Gasteiger partial charge in [-0.2, -0.15) is 0 Å². The van der Waals surface area contributed by atoms with Gasteiger partial charge >= 0.3 is 11.9 Å². The van der Waals surface area contributed by atoms with E-state index in [1.165, 1.54) is 0 Å². The number of azo groups is 1. The van der Waals surface area contributed by atoms with Gasteiger partial charge in [0.2, 0.25) is 0 Å². The fraction of sp³-hybridized carbons (Fsp3) is 0.188. The fourth-order valence-electron chi connectivity index (χ4n) is 3.99. The molecule has 6 nitrogen and oxygen atoms in total. The second kappa shape index (κ2) is 13.1. The van der Waals surface area contributed by atoms with Gasteiger partial charge in [-0.25, -0.2) is 0 Å². The van der Waals surface area contributed by atoms with Crippen molar-refractivity contribution < 1.29 is 19.1 Å². The molecule has 0 amide bonds. The van der Waals surface area contributed by atoms with E-state index < -0.39 is 0 Å². The molecule has 0 fully saturated rings. The molecule has 0 aliphatic rings. The fourth-order valence-corrected chi connectivity index (χ4v) is 3.99. The summed E-state index contributed by atoms with van der Waals surface area (Å²) in [5.41, 5.74) is 2.93. The standard InChI is InChI=1S/C32H30N2O4/c1-23(25-13-5-3-6-14-25)21-31(35)37-29-19-11-9-17-27(29)33-34-28-18-10-12-20-30(28)38-32(36)22-24(2)26-15-7-4-8-16-26/h3-20,23-24H,21-22H2,1-2H3/b34-33-/t23-,24?/m1/s1. The zero-order chi connectivity index (χ0) is 26.7. The molecule has 0 radical (unpaired) electrons. The van der Waals surface area contributed by atoms with Gasteiger partial charge in [0.1, 0.15) is 11.4 Å². The van der Waals surface area contributed by atoms with Crippen LogP contribution in [0.4, 0.5) is 11.4 Å². The highest BCUT2D eigenvalue weighted by Gasteiger charge is 2.16. The molecule has 0 spiro atoms. The normalized spacial score (nSPS) is 12.6. The van der Waals surface area contributed by atoms with Crippen LogP contribution >= 0.6 is 0 Å². The SMILES string of the molecule is CC(CC(=O)Oc1ccccc1/N=N\c1ccccc1OC(=O)C[C@@H](C)c1ccccc1)c1ccccc1. The number of esters is 2. The summed E-state index contributed by atoms with van der Waals surface area (Å²) >= 11 is 0. The second-order valence-electron chi connectivity index (χ2n) is 9.12. The highest BCUT2D eigenvalue weighted by atomic mass is 16.5. The lowest BCUT2D eigenvalue weighted by Crippen LogP contribution is -2.11. The van der Waals surface area contributed by atoms with E-state index in [9.17, 15) is 9.59 Å². The van der Waals surface area contributed by atoms with Gasteiger partial charge in [-0.3, -0.25) is 9.59 Å². The molecular formula is C32H30N2O4. The quantitative estimate of drug-likeness (QED) is 0.123. The molecule has 4 rings (SSSR count). The number of ether oxygens (including phenoxy) is 2. The van der Waals surface area contributed by atoms with E-state index in [1.807, 2.05) is 74.5 Å². The molecule has 0 bridgehead atoms. The summed E-state index contributed by atoms with van der Waals surface area (Å²) in [4.78, 5) is 25.3. The van der Waals surface area contributed by atoms with Gasteiger partial charge in [-0.15, -0.1) is 10.2 Å². The van der Waals surface area contributed by atoms with E-state index in [0.29, 0.717) is 22.9 Å². The van der Waals surface area contributed by atoms with Crippen molar-refractivity contribution in [2.75, 3.05) is 0 Å². The summed E-state index contributed by atoms with van der Waals surface area (Å²) in [6.07, 6.45) is 0.464. The van der Waals surface area contributed by atoms with Crippen LogP contribution in [0.3, 0.4) is 0 Å². The number of benzene rings is 4. The molecule has 4 aromatic rings. The third-order valence-corrected chi connectivity index (χ3v) is 6.13. The first-order chi connectivity index (χ1) is 18.5. The van der Waals surface area contributed by atoms with Crippen molar-refractivity contribution in [1.82, 2.24) is 0 Å². The monoisotopic (exact) mass is 506 g/mol. The molecule has 0 aromatic heterocycles. The zero-order valence-corrected chi connectivity index (χ0v) is 21.5. The van der Waals surface area contributed by atoms with Crippen molar-refractivity contribution >= 4 is 23.3 Å². The van der Waals surface area contributed by atoms with Gasteiger partial charge in [0.25, 0.3) is 0 Å². The van der Waals surface area contributed by atoms with Gasteiger partial charge in [0.15, 0.2) is 11.5 Å². The van der Waals surface area contributed by atoms with Crippen LogP contribution in [0.5, 0.6) is 11.5 Å². The summed E-state index contributed by atoms with van der Waals surface area (Å²) in [5, 5.41) is 8.60. The van der Waals surface area contributed by atoms with Crippen LogP contribution < -0.4 is 9.47 Å². The first kappa shape index (κ1) is 26.5. The Morgan fingerprint density at radius 2 is 0.895 bits per heavy atom. The molecule has 38 heavy (non-hydrogen) atoms. The summed E-state index contributed by atoms with van der Waals surface area (Å²) < 4.78 is 11.3. The Kier molecular flexibility index (Phi) is 9.13. The highest BCUT2D eigenvalue weighted by Crippen LogP contribution is 2.33. The first-order valence-electron chi connectivity index (χ1n) is 12.6. The Bertz CT molecular complexity index is 1280. The van der Waals surface area contributed by atoms with Gasteiger partial charge in [0.05, 0.1) is 12.8 Å². The predicted molar refractivity (Wildman–Crippen MR) is 147 cm³/mol. The Morgan fingerprint density at radius 1 is 0.553 bits per heavy atom. The smallest absolute Gasteiger partial charge is 0.311 e. The predicted octanol–water partition coefficient (Wildman–Crippen LogP) is 8.30. The van der Waals surface area contributed by atoms with Crippen molar-refractivity contribution in [3.8, 4) is 11.5 Å². The summed E-state index contributed by atoms with van der Waals surface area (Å²) in [5.74, 6) is -0.0515. The minimum absolute atomic E-state index is 0.0173. The topological polar surface area (TPSA) is 77.3 Å². The van der Waals surface area contributed by atoms with Crippen LogP contribution in [-0.4, -0.2) is 11.9 Å². The largest absolute Gasteiger partial charge is 0.424 e. The van der Waals surface area contributed by atoms with Crippen molar-refractivity contribution in [2.45, 2.75) is 38.5 Å². The van der Waals surface area contributed by atoms with Crippen LogP contribution in [0.25, 0.3) is 0 Å². The third-order valence-electron chi connectivity index (χ3n) is 6.13. The minimum atomic E-state index is -0.356. The number of carbonyl (C=O) groups is 2. The van der Waals surface area contributed by atoms with E-state index >= 15 is 0 Å². The van der Waals surface area contributed by atoms with Crippen LogP contribution in [-0.2, 0) is 9.59 Å². The Hall–Kier alpha value is -4.58. The maximum atomic E-state index is 12.6. The molecule has 0 heterocycles. The van der Waals surface area contributed by atoms with E-state index in [-0.39, 0.29) is 36.6 Å². The number of carbonyl (C=O) groups excluding carboxylic acids is 2. The van der Waals surface area contributed by atoms with Crippen molar-refractivity contribution in [3.63, 3.8) is 0 Å². The van der Waals surface area contributed by atoms with Crippen molar-refractivity contribution in [1.29, 1.82) is 0 Å². The summed E-state index contributed by atoms with van der Waals surface area (Å²) in [6, 6.07) is 33.6. The van der Waals surface area contributed by atoms with Gasteiger partial charge in [-0.05, 0) is 47.2 Å². The zero-order valence-electron chi connectivity index (χ0n) is 21.5. The number of rotatable bonds is 10. The molecule has 0 saturated heterocycles. The molecule has 1 unspecified atom stereocenters. The van der Waals surface area contributed by atoms with E-state index in [2.05, 4.69) is 10.2 Å². The van der Waals surface area contributed by atoms with Crippen LogP contribution in [0.15, 0.2) is 119 Å². The van der Waals surface area contributed by atoms with Crippen LogP contribution in [0, 0.1) is 0 Å². The van der Waals surface area contributed by atoms with Crippen LogP contribution in [0.2, 0.25) is 0 Å². The Balaban J connectivity index is 1.42. The molecule has 6 heteroatoms. The molecule has 4 aromatic carbocycles. The first-order valence-corrected chi connectivity index (χ1v) is 12.6. The summed E-state index contributed by atoms with van der Waals surface area (Å²) in [7, 11) is 0. The lowest BCUT2D eigenvalue weighted by molar-refractivity contribution is -0.135. The number of para-hydroxylation sites is 2. The third kappa shape index (κ3) is 7.46. The van der Waals surface area contributed by atoms with Crippen LogP contribution in [0.1, 0.15) is 49.7 Å². The maximum Gasteiger partial charge on any atom is 0.311 e. The lowest BCUT2D eigenvalue weighted by Gasteiger charge is -2.12. The minimum Gasteiger partial charge on any atom is -0.424 e. The lowest BCUT2D eigenvalue weighted by atomic mass is 9.98. The van der Waals surface area contributed by atoms with E-state index in [0.717, 1.165) is 11.1 Å². The average molecular weight is 507 g/mol. The summed E-state index contributed by atoms with van der Waals surface area (Å²) in [6.45, 7) is 3.97. The molecule has 0 N–H and O–H groups in total. The average Bonchev–Trinajstić information content (AvgIpc) is 2.94. The van der Waals surface area contributed by atoms with Crippen molar-refractivity contribution in [2.24, 2.45) is 10.2 Å². The number of hydrogen-bond acceptors (Lipinski definition) is 6.